The Labute approximate surface area is 169 Å². The molecule has 0 aromatic rings. The maximum atomic E-state index is 10.7. The molecule has 1 aliphatic carbocycles. The summed E-state index contributed by atoms with van der Waals surface area (Å²) in [5.74, 6) is 0. The summed E-state index contributed by atoms with van der Waals surface area (Å²) in [5, 5.41) is 20.7. The van der Waals surface area contributed by atoms with Crippen molar-refractivity contribution in [1.29, 1.82) is 0 Å². The van der Waals surface area contributed by atoms with Crippen molar-refractivity contribution >= 4 is 6.29 Å². The number of aldehydes is 1. The number of aliphatic hydroxyl groups is 2. The third kappa shape index (κ3) is 7.82. The Morgan fingerprint density at radius 2 is 1.54 bits per heavy atom. The van der Waals surface area contributed by atoms with Gasteiger partial charge >= 0.3 is 0 Å². The van der Waals surface area contributed by atoms with Crippen LogP contribution in [0.1, 0.15) is 54.4 Å². The normalized spacial score (nSPS) is 26.6. The molecule has 28 heavy (non-hydrogen) atoms. The Morgan fingerprint density at radius 1 is 0.964 bits per heavy atom. The molecule has 0 aromatic carbocycles. The highest BCUT2D eigenvalue weighted by molar-refractivity contribution is 5.72. The zero-order valence-electron chi connectivity index (χ0n) is 18.0. The fourth-order valence-electron chi connectivity index (χ4n) is 3.50. The fourth-order valence-corrected chi connectivity index (χ4v) is 3.50. The van der Waals surface area contributed by atoms with Crippen LogP contribution in [0.2, 0.25) is 0 Å². The maximum absolute atomic E-state index is 10.7. The van der Waals surface area contributed by atoms with Gasteiger partial charge in [0.2, 0.25) is 0 Å². The second-order valence-corrected chi connectivity index (χ2v) is 8.48. The van der Waals surface area contributed by atoms with E-state index in [4.69, 9.17) is 0 Å². The van der Waals surface area contributed by atoms with Crippen LogP contribution in [0.4, 0.5) is 0 Å². The molecule has 0 unspecified atom stereocenters. The van der Waals surface area contributed by atoms with E-state index in [-0.39, 0.29) is 5.41 Å². The zero-order valence-corrected chi connectivity index (χ0v) is 18.0. The van der Waals surface area contributed by atoms with Crippen molar-refractivity contribution in [2.75, 3.05) is 0 Å². The molecule has 0 spiro atoms. The molecule has 0 bridgehead atoms. The molecule has 0 saturated heterocycles. The number of hydrogen-bond donors (Lipinski definition) is 2. The molecule has 0 radical (unpaired) electrons. The summed E-state index contributed by atoms with van der Waals surface area (Å²) in [4.78, 5) is 10.5. The van der Waals surface area contributed by atoms with Crippen LogP contribution in [0.15, 0.2) is 76.6 Å². The first-order chi connectivity index (χ1) is 13.0. The first kappa shape index (κ1) is 23.8. The largest absolute Gasteiger partial charge is 0.393 e. The van der Waals surface area contributed by atoms with Gasteiger partial charge in [-0.3, -0.25) is 4.79 Å². The lowest BCUT2D eigenvalue weighted by Crippen LogP contribution is -2.45. The smallest absolute Gasteiger partial charge is 0.145 e. The number of hydrogen-bond acceptors (Lipinski definition) is 3. The van der Waals surface area contributed by atoms with E-state index in [2.05, 4.69) is 5.73 Å². The van der Waals surface area contributed by atoms with Crippen LogP contribution in [-0.2, 0) is 4.79 Å². The molecule has 1 aliphatic rings. The van der Waals surface area contributed by atoms with Crippen molar-refractivity contribution in [1.82, 2.24) is 0 Å². The third-order valence-electron chi connectivity index (χ3n) is 4.77. The van der Waals surface area contributed by atoms with E-state index in [1.165, 1.54) is 0 Å². The molecule has 0 aliphatic heterocycles. The number of carbonyl (C=O) groups is 1. The molecular weight excluding hydrogens is 348 g/mol. The van der Waals surface area contributed by atoms with Gasteiger partial charge in [0.15, 0.2) is 0 Å². The summed E-state index contributed by atoms with van der Waals surface area (Å²) in [6, 6.07) is 0. The van der Waals surface area contributed by atoms with Crippen molar-refractivity contribution in [3.05, 3.63) is 76.6 Å². The SMILES string of the molecule is C\C(C=O)=C/C=C/C=C(C)/C=C/C=C(\C)C=C=C1C(C)(C)C[C@H](O)C[C@@]1(C)O. The zero-order chi connectivity index (χ0) is 21.4. The molecule has 1 rings (SSSR count). The summed E-state index contributed by atoms with van der Waals surface area (Å²) in [6.45, 7) is 11.6. The monoisotopic (exact) mass is 382 g/mol. The molecule has 0 heterocycles. The van der Waals surface area contributed by atoms with E-state index in [0.717, 1.165) is 23.0 Å². The number of aliphatic hydroxyl groups excluding tert-OH is 1. The minimum atomic E-state index is -1.05. The summed E-state index contributed by atoms with van der Waals surface area (Å²) in [7, 11) is 0. The Balaban J connectivity index is 2.89. The van der Waals surface area contributed by atoms with Gasteiger partial charge < -0.3 is 10.2 Å². The molecular formula is C25H34O3. The average molecular weight is 383 g/mol. The van der Waals surface area contributed by atoms with Crippen LogP contribution >= 0.6 is 0 Å². The predicted molar refractivity (Wildman–Crippen MR) is 117 cm³/mol. The fraction of sp³-hybridized carbons (Fsp3) is 0.440. The van der Waals surface area contributed by atoms with E-state index in [1.54, 1.807) is 19.9 Å². The van der Waals surface area contributed by atoms with Gasteiger partial charge in [-0.2, -0.15) is 0 Å². The van der Waals surface area contributed by atoms with E-state index >= 15 is 0 Å². The lowest BCUT2D eigenvalue weighted by molar-refractivity contribution is -0.104. The highest BCUT2D eigenvalue weighted by Gasteiger charge is 2.44. The van der Waals surface area contributed by atoms with Gasteiger partial charge in [0.25, 0.3) is 0 Å². The Kier molecular flexibility index (Phi) is 8.84. The first-order valence-corrected chi connectivity index (χ1v) is 9.68. The highest BCUT2D eigenvalue weighted by Crippen LogP contribution is 2.45. The second kappa shape index (κ2) is 10.4. The molecule has 0 amide bonds. The van der Waals surface area contributed by atoms with Crippen LogP contribution in [0.3, 0.4) is 0 Å². The molecule has 3 nitrogen and oxygen atoms in total. The summed E-state index contributed by atoms with van der Waals surface area (Å²) in [5.41, 5.74) is 5.58. The second-order valence-electron chi connectivity index (χ2n) is 8.48. The lowest BCUT2D eigenvalue weighted by Gasteiger charge is -2.43. The van der Waals surface area contributed by atoms with Crippen molar-refractivity contribution in [3.63, 3.8) is 0 Å². The van der Waals surface area contributed by atoms with Crippen molar-refractivity contribution in [3.8, 4) is 0 Å². The van der Waals surface area contributed by atoms with Gasteiger partial charge in [-0.05, 0) is 56.8 Å². The van der Waals surface area contributed by atoms with E-state index in [1.807, 2.05) is 70.2 Å². The van der Waals surface area contributed by atoms with Crippen LogP contribution in [0.5, 0.6) is 0 Å². The van der Waals surface area contributed by atoms with Crippen molar-refractivity contribution < 1.29 is 15.0 Å². The van der Waals surface area contributed by atoms with Gasteiger partial charge in [-0.15, -0.1) is 5.73 Å². The van der Waals surface area contributed by atoms with Crippen LogP contribution in [0, 0.1) is 5.41 Å². The van der Waals surface area contributed by atoms with E-state index < -0.39 is 11.7 Å². The van der Waals surface area contributed by atoms with Gasteiger partial charge in [0, 0.05) is 12.0 Å². The molecule has 0 aromatic heterocycles. The number of allylic oxidation sites excluding steroid dienone is 10. The quantitative estimate of drug-likeness (QED) is 0.289. The molecule has 152 valence electrons. The topological polar surface area (TPSA) is 57.5 Å². The van der Waals surface area contributed by atoms with Crippen LogP contribution < -0.4 is 0 Å². The Hall–Kier alpha value is -2.19. The molecule has 1 fully saturated rings. The summed E-state index contributed by atoms with van der Waals surface area (Å²) < 4.78 is 0. The molecule has 1 saturated carbocycles. The van der Waals surface area contributed by atoms with E-state index in [0.29, 0.717) is 18.4 Å². The minimum Gasteiger partial charge on any atom is -0.393 e. The van der Waals surface area contributed by atoms with Gasteiger partial charge in [-0.1, -0.05) is 62.0 Å². The molecule has 3 heteroatoms. The minimum absolute atomic E-state index is 0.296. The number of carbonyl (C=O) groups excluding carboxylic acids is 1. The first-order valence-electron chi connectivity index (χ1n) is 9.68. The van der Waals surface area contributed by atoms with Gasteiger partial charge in [0.1, 0.15) is 6.29 Å². The molecule has 2 N–H and O–H groups in total. The predicted octanol–water partition coefficient (Wildman–Crippen LogP) is 5.15. The van der Waals surface area contributed by atoms with Crippen molar-refractivity contribution in [2.45, 2.75) is 66.1 Å². The van der Waals surface area contributed by atoms with E-state index in [9.17, 15) is 15.0 Å². The number of rotatable bonds is 6. The van der Waals surface area contributed by atoms with Gasteiger partial charge in [0.05, 0.1) is 11.7 Å². The lowest BCUT2D eigenvalue weighted by atomic mass is 9.65. The van der Waals surface area contributed by atoms with Gasteiger partial charge in [-0.25, -0.2) is 0 Å². The maximum Gasteiger partial charge on any atom is 0.145 e. The Bertz CT molecular complexity index is 757. The van der Waals surface area contributed by atoms with Crippen LogP contribution in [0.25, 0.3) is 0 Å². The van der Waals surface area contributed by atoms with Crippen molar-refractivity contribution in [2.24, 2.45) is 5.41 Å². The molecule has 2 atom stereocenters. The third-order valence-corrected chi connectivity index (χ3v) is 4.77. The van der Waals surface area contributed by atoms with Crippen LogP contribution in [-0.4, -0.2) is 28.2 Å². The summed E-state index contributed by atoms with van der Waals surface area (Å²) in [6.07, 6.45) is 16.6. The summed E-state index contributed by atoms with van der Waals surface area (Å²) >= 11 is 0. The highest BCUT2D eigenvalue weighted by atomic mass is 16.3. The Morgan fingerprint density at radius 3 is 2.11 bits per heavy atom. The average Bonchev–Trinajstić information content (AvgIpc) is 2.55. The standard InChI is InChI=1S/C25H34O3/c1-19(10-7-8-11-21(3)18-26)12-9-13-20(2)14-15-23-24(4,5)16-22(27)17-25(23,6)28/h7-14,18,22,27-28H,16-17H2,1-6H3/b8-7+,12-9+,19-10+,20-13+,21-11+/t15?,22-,25+/m0/s1.